The fourth-order valence-corrected chi connectivity index (χ4v) is 3.85. The lowest BCUT2D eigenvalue weighted by atomic mass is 10.1. The molecule has 1 aromatic rings. The van der Waals surface area contributed by atoms with Crippen molar-refractivity contribution < 1.29 is 9.59 Å². The van der Waals surface area contributed by atoms with Gasteiger partial charge in [0.25, 0.3) is 0 Å². The Morgan fingerprint density at radius 1 is 1.37 bits per heavy atom. The molecule has 0 spiro atoms. The Hall–Kier alpha value is -1.49. The molecular formula is C14H16N2O2S. The van der Waals surface area contributed by atoms with E-state index in [0.29, 0.717) is 13.0 Å². The van der Waals surface area contributed by atoms with Crippen molar-refractivity contribution in [2.24, 2.45) is 0 Å². The smallest absolute Gasteiger partial charge is 0.243 e. The predicted octanol–water partition coefficient (Wildman–Crippen LogP) is 1.37. The zero-order chi connectivity index (χ0) is 13.2. The average molecular weight is 276 g/mol. The van der Waals surface area contributed by atoms with Crippen molar-refractivity contribution in [3.63, 3.8) is 0 Å². The van der Waals surface area contributed by atoms with Crippen LogP contribution in [0.2, 0.25) is 0 Å². The first-order valence-corrected chi connectivity index (χ1v) is 7.55. The van der Waals surface area contributed by atoms with Crippen LogP contribution in [0.25, 0.3) is 0 Å². The van der Waals surface area contributed by atoms with Gasteiger partial charge in [-0.05, 0) is 17.7 Å². The van der Waals surface area contributed by atoms with Gasteiger partial charge in [0.2, 0.25) is 11.8 Å². The fourth-order valence-electron chi connectivity index (χ4n) is 2.53. The molecule has 0 aliphatic carbocycles. The summed E-state index contributed by atoms with van der Waals surface area (Å²) in [6, 6.07) is 9.55. The first kappa shape index (κ1) is 12.5. The van der Waals surface area contributed by atoms with Gasteiger partial charge in [-0.25, -0.2) is 0 Å². The van der Waals surface area contributed by atoms with Crippen LogP contribution < -0.4 is 5.32 Å². The van der Waals surface area contributed by atoms with E-state index in [1.807, 2.05) is 30.3 Å². The number of nitrogens with zero attached hydrogens (tertiary/aromatic N) is 1. The molecular weight excluding hydrogens is 260 g/mol. The lowest BCUT2D eigenvalue weighted by molar-refractivity contribution is -0.151. The monoisotopic (exact) mass is 276 g/mol. The van der Waals surface area contributed by atoms with E-state index < -0.39 is 0 Å². The highest BCUT2D eigenvalue weighted by Crippen LogP contribution is 2.37. The molecule has 4 nitrogen and oxygen atoms in total. The molecule has 2 saturated heterocycles. The summed E-state index contributed by atoms with van der Waals surface area (Å²) >= 11 is 1.78. The number of amides is 2. The van der Waals surface area contributed by atoms with Gasteiger partial charge in [0.1, 0.15) is 6.04 Å². The average Bonchev–Trinajstić information content (AvgIpc) is 2.44. The Morgan fingerprint density at radius 2 is 2.16 bits per heavy atom. The molecule has 1 unspecified atom stereocenters. The van der Waals surface area contributed by atoms with Crippen LogP contribution in [0.15, 0.2) is 30.3 Å². The predicted molar refractivity (Wildman–Crippen MR) is 74.4 cm³/mol. The molecule has 3 rings (SSSR count). The molecule has 0 bridgehead atoms. The number of carbonyl (C=O) groups excluding carboxylic acids is 2. The Kier molecular flexibility index (Phi) is 3.46. The maximum Gasteiger partial charge on any atom is 0.243 e. The summed E-state index contributed by atoms with van der Waals surface area (Å²) < 4.78 is 0. The minimum Gasteiger partial charge on any atom is -0.350 e. The number of rotatable bonds is 3. The van der Waals surface area contributed by atoms with Crippen LogP contribution in [0.1, 0.15) is 18.4 Å². The lowest BCUT2D eigenvalue weighted by Gasteiger charge is -2.47. The summed E-state index contributed by atoms with van der Waals surface area (Å²) in [5.41, 5.74) is 1.08. The van der Waals surface area contributed by atoms with Crippen molar-refractivity contribution in [1.29, 1.82) is 0 Å². The zero-order valence-corrected chi connectivity index (χ0v) is 11.4. The lowest BCUT2D eigenvalue weighted by Crippen LogP contribution is -2.62. The summed E-state index contributed by atoms with van der Waals surface area (Å²) in [5.74, 6) is 1.04. The number of β-lactam (4-membered cyclic amide) rings is 1. The third kappa shape index (κ3) is 2.47. The van der Waals surface area contributed by atoms with Crippen LogP contribution in [0.5, 0.6) is 0 Å². The molecule has 2 aliphatic rings. The summed E-state index contributed by atoms with van der Waals surface area (Å²) in [6.07, 6.45) is 1.35. The Labute approximate surface area is 116 Å². The van der Waals surface area contributed by atoms with Crippen LogP contribution >= 0.6 is 11.8 Å². The van der Waals surface area contributed by atoms with Crippen LogP contribution in [-0.4, -0.2) is 33.9 Å². The molecule has 2 amide bonds. The van der Waals surface area contributed by atoms with Crippen molar-refractivity contribution >= 4 is 23.6 Å². The number of hydrogen-bond acceptors (Lipinski definition) is 3. The second-order valence-corrected chi connectivity index (χ2v) is 6.12. The van der Waals surface area contributed by atoms with Crippen molar-refractivity contribution in [3.8, 4) is 0 Å². The van der Waals surface area contributed by atoms with Gasteiger partial charge in [0.15, 0.2) is 0 Å². The first-order chi connectivity index (χ1) is 9.25. The summed E-state index contributed by atoms with van der Waals surface area (Å²) in [4.78, 5) is 25.5. The molecule has 1 aromatic carbocycles. The third-order valence-corrected chi connectivity index (χ3v) is 4.85. The molecule has 2 aliphatic heterocycles. The number of nitrogens with one attached hydrogen (secondary N) is 1. The van der Waals surface area contributed by atoms with E-state index in [4.69, 9.17) is 0 Å². The van der Waals surface area contributed by atoms with Gasteiger partial charge in [-0.3, -0.25) is 9.59 Å². The molecule has 5 heteroatoms. The van der Waals surface area contributed by atoms with Gasteiger partial charge in [-0.1, -0.05) is 30.3 Å². The van der Waals surface area contributed by atoms with Gasteiger partial charge < -0.3 is 10.2 Å². The number of thioether (sulfide) groups is 1. The number of hydrogen-bond donors (Lipinski definition) is 1. The van der Waals surface area contributed by atoms with Gasteiger partial charge in [0, 0.05) is 6.54 Å². The summed E-state index contributed by atoms with van der Waals surface area (Å²) in [5, 5.41) is 3.16. The highest BCUT2D eigenvalue weighted by atomic mass is 32.2. The molecule has 19 heavy (non-hydrogen) atoms. The molecule has 0 radical (unpaired) electrons. The minimum absolute atomic E-state index is 0.0257. The van der Waals surface area contributed by atoms with Crippen molar-refractivity contribution in [2.75, 3.05) is 5.75 Å². The maximum absolute atomic E-state index is 12.2. The first-order valence-electron chi connectivity index (χ1n) is 6.50. The van der Waals surface area contributed by atoms with Crippen LogP contribution in [-0.2, 0) is 16.1 Å². The molecule has 1 N–H and O–H groups in total. The normalized spacial score (nSPS) is 25.5. The molecule has 0 aromatic heterocycles. The van der Waals surface area contributed by atoms with Crippen molar-refractivity contribution in [3.05, 3.63) is 35.9 Å². The van der Waals surface area contributed by atoms with E-state index in [2.05, 4.69) is 5.32 Å². The van der Waals surface area contributed by atoms with Gasteiger partial charge in [-0.2, -0.15) is 0 Å². The standard InChI is InChI=1S/C14H16N2O2S/c17-12-8-13-16(12)11(6-7-19-13)14(18)15-9-10-4-2-1-3-5-10/h1-5,11,13H,6-9H2,(H,15,18)/t11?,13-/m1/s1. The second-order valence-electron chi connectivity index (χ2n) is 4.84. The van der Waals surface area contributed by atoms with E-state index in [1.165, 1.54) is 0 Å². The largest absolute Gasteiger partial charge is 0.350 e. The van der Waals surface area contributed by atoms with E-state index in [1.54, 1.807) is 16.7 Å². The van der Waals surface area contributed by atoms with Crippen LogP contribution in [0.3, 0.4) is 0 Å². The Morgan fingerprint density at radius 3 is 2.89 bits per heavy atom. The SMILES string of the molecule is O=C(NCc1ccccc1)C1CCS[C@@H]2CC(=O)N12. The van der Waals surface area contributed by atoms with E-state index in [-0.39, 0.29) is 23.2 Å². The quantitative estimate of drug-likeness (QED) is 0.848. The second kappa shape index (κ2) is 5.25. The summed E-state index contributed by atoms with van der Waals surface area (Å²) in [6.45, 7) is 0.524. The minimum atomic E-state index is -0.267. The highest BCUT2D eigenvalue weighted by molar-refractivity contribution is 8.00. The maximum atomic E-state index is 12.2. The molecule has 2 atom stereocenters. The summed E-state index contributed by atoms with van der Waals surface area (Å²) in [7, 11) is 0. The van der Waals surface area contributed by atoms with Gasteiger partial charge in [-0.15, -0.1) is 11.8 Å². The van der Waals surface area contributed by atoms with E-state index >= 15 is 0 Å². The molecule has 0 saturated carbocycles. The topological polar surface area (TPSA) is 49.4 Å². The zero-order valence-electron chi connectivity index (χ0n) is 10.5. The van der Waals surface area contributed by atoms with Crippen LogP contribution in [0.4, 0.5) is 0 Å². The fraction of sp³-hybridized carbons (Fsp3) is 0.429. The number of benzene rings is 1. The number of carbonyl (C=O) groups is 2. The molecule has 2 heterocycles. The van der Waals surface area contributed by atoms with E-state index in [9.17, 15) is 9.59 Å². The van der Waals surface area contributed by atoms with Crippen molar-refractivity contribution in [2.45, 2.75) is 30.8 Å². The molecule has 2 fully saturated rings. The van der Waals surface area contributed by atoms with Gasteiger partial charge >= 0.3 is 0 Å². The Balaban J connectivity index is 1.59. The third-order valence-electron chi connectivity index (χ3n) is 3.60. The molecule has 100 valence electrons. The van der Waals surface area contributed by atoms with E-state index in [0.717, 1.165) is 17.7 Å². The van der Waals surface area contributed by atoms with Crippen LogP contribution in [0, 0.1) is 0 Å². The Bertz CT molecular complexity index is 491. The van der Waals surface area contributed by atoms with Gasteiger partial charge in [0.05, 0.1) is 11.8 Å². The highest BCUT2D eigenvalue weighted by Gasteiger charge is 2.46. The number of fused-ring (bicyclic) bond motifs is 1. The van der Waals surface area contributed by atoms with Crippen molar-refractivity contribution in [1.82, 2.24) is 10.2 Å².